The van der Waals surface area contributed by atoms with Gasteiger partial charge >= 0.3 is 0 Å². The van der Waals surface area contributed by atoms with Crippen LogP contribution in [0.4, 0.5) is 0 Å². The summed E-state index contributed by atoms with van der Waals surface area (Å²) in [5.74, 6) is 0.311. The van der Waals surface area contributed by atoms with E-state index in [1.165, 1.54) is 17.8 Å². The Bertz CT molecular complexity index is 812. The van der Waals surface area contributed by atoms with Crippen molar-refractivity contribution in [2.24, 2.45) is 0 Å². The SMILES string of the molecule is CCOc1cc(=C(C#N)C#N)c(SC)cc1=C(C#N)C#N. The third-order valence-electron chi connectivity index (χ3n) is 2.59. The molecule has 0 amide bonds. The maximum absolute atomic E-state index is 9.02. The van der Waals surface area contributed by atoms with E-state index in [0.29, 0.717) is 27.7 Å². The van der Waals surface area contributed by atoms with E-state index in [1.807, 2.05) is 24.3 Å². The number of nitriles is 4. The number of rotatable bonds is 3. The second-order valence-electron chi connectivity index (χ2n) is 3.68. The zero-order valence-electron chi connectivity index (χ0n) is 11.5. The van der Waals surface area contributed by atoms with Gasteiger partial charge in [-0.15, -0.1) is 11.8 Å². The first-order valence-corrected chi connectivity index (χ1v) is 7.09. The quantitative estimate of drug-likeness (QED) is 0.776. The third kappa shape index (κ3) is 3.34. The van der Waals surface area contributed by atoms with Crippen molar-refractivity contribution in [2.45, 2.75) is 11.8 Å². The van der Waals surface area contributed by atoms with Gasteiger partial charge < -0.3 is 4.74 Å². The lowest BCUT2D eigenvalue weighted by atomic mass is 10.1. The summed E-state index contributed by atoms with van der Waals surface area (Å²) in [5, 5.41) is 36.9. The zero-order valence-corrected chi connectivity index (χ0v) is 12.3. The predicted octanol–water partition coefficient (Wildman–Crippen LogP) is 1.20. The smallest absolute Gasteiger partial charge is 0.140 e. The van der Waals surface area contributed by atoms with Gasteiger partial charge in [0.05, 0.1) is 6.61 Å². The Hall–Kier alpha value is -2.93. The Morgan fingerprint density at radius 1 is 1.00 bits per heavy atom. The van der Waals surface area contributed by atoms with Crippen LogP contribution >= 0.6 is 11.8 Å². The van der Waals surface area contributed by atoms with Crippen molar-refractivity contribution in [2.75, 3.05) is 12.9 Å². The van der Waals surface area contributed by atoms with Crippen LogP contribution in [0, 0.1) is 45.3 Å². The van der Waals surface area contributed by atoms with Gasteiger partial charge in [0.2, 0.25) is 0 Å². The number of thioether (sulfide) groups is 1. The van der Waals surface area contributed by atoms with Gasteiger partial charge in [0, 0.05) is 15.3 Å². The summed E-state index contributed by atoms with van der Waals surface area (Å²) in [4.78, 5) is 0.634. The Morgan fingerprint density at radius 3 is 1.95 bits per heavy atom. The summed E-state index contributed by atoms with van der Waals surface area (Å²) in [6.07, 6.45) is 1.79. The summed E-state index contributed by atoms with van der Waals surface area (Å²) in [7, 11) is 0. The standard InChI is InChI=1S/C15H10N4OS/c1-3-20-14-4-13(11(8-18)9-19)15(21-2)5-12(14)10(6-16)7-17/h4-5H,3H2,1-2H3. The summed E-state index contributed by atoms with van der Waals surface area (Å²) in [6, 6.07) is 10.5. The molecular weight excluding hydrogens is 284 g/mol. The van der Waals surface area contributed by atoms with Crippen molar-refractivity contribution in [1.29, 1.82) is 21.0 Å². The number of hydrogen-bond donors (Lipinski definition) is 0. The van der Waals surface area contributed by atoms with Crippen molar-refractivity contribution < 1.29 is 4.74 Å². The monoisotopic (exact) mass is 294 g/mol. The van der Waals surface area contributed by atoms with Gasteiger partial charge in [-0.05, 0) is 25.3 Å². The lowest BCUT2D eigenvalue weighted by Gasteiger charge is -2.07. The lowest BCUT2D eigenvalue weighted by molar-refractivity contribution is 0.337. The van der Waals surface area contributed by atoms with Crippen LogP contribution in [0.25, 0.3) is 11.1 Å². The van der Waals surface area contributed by atoms with Gasteiger partial charge in [-0.2, -0.15) is 21.0 Å². The molecule has 5 nitrogen and oxygen atoms in total. The molecular formula is C15H10N4OS. The molecule has 0 atom stereocenters. The molecule has 0 saturated heterocycles. The van der Waals surface area contributed by atoms with Crippen LogP contribution in [-0.2, 0) is 0 Å². The molecule has 6 heteroatoms. The normalized spacial score (nSPS) is 8.67. The number of ether oxygens (including phenoxy) is 1. The molecule has 0 saturated carbocycles. The van der Waals surface area contributed by atoms with E-state index < -0.39 is 0 Å². The van der Waals surface area contributed by atoms with Crippen molar-refractivity contribution in [1.82, 2.24) is 0 Å². The molecule has 0 aliphatic carbocycles. The highest BCUT2D eigenvalue weighted by Crippen LogP contribution is 2.13. The van der Waals surface area contributed by atoms with Crippen LogP contribution in [0.1, 0.15) is 6.92 Å². The fourth-order valence-electron chi connectivity index (χ4n) is 1.69. The van der Waals surface area contributed by atoms with Gasteiger partial charge in [-0.3, -0.25) is 0 Å². The van der Waals surface area contributed by atoms with Crippen LogP contribution in [0.15, 0.2) is 17.0 Å². The second-order valence-corrected chi connectivity index (χ2v) is 4.53. The number of benzene rings is 1. The summed E-state index contributed by atoms with van der Waals surface area (Å²) in [5.41, 5.74) is -0.113. The van der Waals surface area contributed by atoms with Crippen LogP contribution in [-0.4, -0.2) is 12.9 Å². The van der Waals surface area contributed by atoms with Crippen molar-refractivity contribution in [3.63, 3.8) is 0 Å². The van der Waals surface area contributed by atoms with Gasteiger partial charge in [-0.25, -0.2) is 0 Å². The molecule has 0 aromatic heterocycles. The Kier molecular flexibility index (Phi) is 5.84. The average Bonchev–Trinajstić information content (AvgIpc) is 2.51. The molecule has 102 valence electrons. The minimum atomic E-state index is -0.0734. The molecule has 0 unspecified atom stereocenters. The highest BCUT2D eigenvalue weighted by Gasteiger charge is 2.09. The highest BCUT2D eigenvalue weighted by atomic mass is 32.2. The van der Waals surface area contributed by atoms with Crippen LogP contribution in [0.2, 0.25) is 0 Å². The third-order valence-corrected chi connectivity index (χ3v) is 3.37. The molecule has 1 rings (SSSR count). The summed E-state index contributed by atoms with van der Waals surface area (Å²) >= 11 is 1.32. The van der Waals surface area contributed by atoms with Crippen LogP contribution in [0.5, 0.6) is 5.75 Å². The summed E-state index contributed by atoms with van der Waals surface area (Å²) < 4.78 is 5.44. The van der Waals surface area contributed by atoms with E-state index in [4.69, 9.17) is 25.8 Å². The van der Waals surface area contributed by atoms with Crippen LogP contribution in [0.3, 0.4) is 0 Å². The van der Waals surface area contributed by atoms with Gasteiger partial charge in [0.25, 0.3) is 0 Å². The molecule has 1 aromatic carbocycles. The molecule has 0 fully saturated rings. The predicted molar refractivity (Wildman–Crippen MR) is 77.9 cm³/mol. The maximum Gasteiger partial charge on any atom is 0.140 e. The van der Waals surface area contributed by atoms with E-state index in [0.717, 1.165) is 0 Å². The fourth-order valence-corrected chi connectivity index (χ4v) is 2.30. The van der Waals surface area contributed by atoms with Crippen molar-refractivity contribution in [3.8, 4) is 30.0 Å². The Labute approximate surface area is 126 Å². The van der Waals surface area contributed by atoms with Crippen molar-refractivity contribution in [3.05, 3.63) is 22.6 Å². The second kappa shape index (κ2) is 7.61. The maximum atomic E-state index is 9.02. The van der Waals surface area contributed by atoms with E-state index in [2.05, 4.69) is 0 Å². The molecule has 0 spiro atoms. The van der Waals surface area contributed by atoms with E-state index in [9.17, 15) is 0 Å². The number of hydrogen-bond acceptors (Lipinski definition) is 6. The molecule has 0 bridgehead atoms. The Morgan fingerprint density at radius 2 is 1.52 bits per heavy atom. The zero-order chi connectivity index (χ0) is 15.8. The topological polar surface area (TPSA) is 104 Å². The average molecular weight is 294 g/mol. The number of nitrogens with zero attached hydrogens (tertiary/aromatic N) is 4. The highest BCUT2D eigenvalue weighted by molar-refractivity contribution is 7.98. The molecule has 0 heterocycles. The summed E-state index contributed by atoms with van der Waals surface area (Å²) in [6.45, 7) is 2.10. The lowest BCUT2D eigenvalue weighted by Crippen LogP contribution is -2.19. The Balaban J connectivity index is 4.03. The largest absolute Gasteiger partial charge is 0.493 e. The van der Waals surface area contributed by atoms with E-state index in [1.54, 1.807) is 19.2 Å². The fraction of sp³-hybridized carbons (Fsp3) is 0.200. The first-order chi connectivity index (χ1) is 10.2. The van der Waals surface area contributed by atoms with E-state index in [-0.39, 0.29) is 11.1 Å². The molecule has 0 N–H and O–H groups in total. The molecule has 0 aliphatic heterocycles. The minimum absolute atomic E-state index is 0.0395. The van der Waals surface area contributed by atoms with Gasteiger partial charge in [-0.1, -0.05) is 0 Å². The van der Waals surface area contributed by atoms with Gasteiger partial charge in [0.15, 0.2) is 0 Å². The first kappa shape index (κ1) is 16.1. The molecule has 0 aliphatic rings. The minimum Gasteiger partial charge on any atom is -0.493 e. The molecule has 21 heavy (non-hydrogen) atoms. The van der Waals surface area contributed by atoms with Crippen molar-refractivity contribution >= 4 is 22.9 Å². The molecule has 0 radical (unpaired) electrons. The van der Waals surface area contributed by atoms with Crippen LogP contribution < -0.4 is 15.2 Å². The van der Waals surface area contributed by atoms with E-state index >= 15 is 0 Å². The first-order valence-electron chi connectivity index (χ1n) is 5.86. The molecule has 1 aromatic rings. The van der Waals surface area contributed by atoms with Gasteiger partial charge in [0.1, 0.15) is 41.2 Å².